The van der Waals surface area contributed by atoms with Gasteiger partial charge in [0.2, 0.25) is 0 Å². The summed E-state index contributed by atoms with van der Waals surface area (Å²) in [5.41, 5.74) is -0.0540. The topological polar surface area (TPSA) is 50.1 Å². The summed E-state index contributed by atoms with van der Waals surface area (Å²) >= 11 is 0. The van der Waals surface area contributed by atoms with Gasteiger partial charge in [0.05, 0.1) is 11.5 Å². The summed E-state index contributed by atoms with van der Waals surface area (Å²) in [5.74, 6) is -0.388. The average molecular weight is 287 g/mol. The van der Waals surface area contributed by atoms with Crippen LogP contribution in [0.5, 0.6) is 5.75 Å². The van der Waals surface area contributed by atoms with Crippen LogP contribution in [-0.2, 0) is 4.79 Å². The zero-order valence-electron chi connectivity index (χ0n) is 12.0. The largest absolute Gasteiger partial charge is 0.426 e. The van der Waals surface area contributed by atoms with Crippen LogP contribution in [0.25, 0.3) is 0 Å². The number of hydrogen-bond donors (Lipinski definition) is 0. The molecule has 0 heterocycles. The number of allylic oxidation sites excluding steroid dienone is 2. The Kier molecular flexibility index (Phi) is 5.10. The quantitative estimate of drug-likeness (QED) is 0.480. The van der Waals surface area contributed by atoms with Gasteiger partial charge in [-0.2, -0.15) is 5.26 Å². The van der Waals surface area contributed by atoms with Crippen LogP contribution in [0.15, 0.2) is 30.4 Å². The zero-order chi connectivity index (χ0) is 15.2. The Balaban J connectivity index is 1.93. The Morgan fingerprint density at radius 3 is 2.67 bits per heavy atom. The molecule has 0 spiro atoms. The lowest BCUT2D eigenvalue weighted by Gasteiger charge is -2.25. The van der Waals surface area contributed by atoms with Gasteiger partial charge in [-0.05, 0) is 50.7 Å². The normalized spacial score (nSPS) is 22.0. The molecule has 1 saturated carbocycles. The average Bonchev–Trinajstić information content (AvgIpc) is 2.48. The number of nitrogens with zero attached hydrogens (tertiary/aromatic N) is 1. The number of halogens is 1. The van der Waals surface area contributed by atoms with Crippen LogP contribution in [-0.4, -0.2) is 5.97 Å². The van der Waals surface area contributed by atoms with Crippen LogP contribution < -0.4 is 4.74 Å². The molecule has 1 aliphatic carbocycles. The fraction of sp³-hybridized carbons (Fsp3) is 0.412. The number of nitriles is 1. The van der Waals surface area contributed by atoms with Gasteiger partial charge in [-0.1, -0.05) is 12.2 Å². The maximum Gasteiger partial charge on any atom is 0.314 e. The second kappa shape index (κ2) is 7.03. The molecule has 0 amide bonds. The number of esters is 1. The van der Waals surface area contributed by atoms with E-state index in [9.17, 15) is 9.18 Å². The predicted molar refractivity (Wildman–Crippen MR) is 77.0 cm³/mol. The number of ether oxygens (including phenoxy) is 1. The maximum absolute atomic E-state index is 13.5. The van der Waals surface area contributed by atoms with E-state index >= 15 is 0 Å². The van der Waals surface area contributed by atoms with Crippen LogP contribution in [0.1, 0.15) is 38.2 Å². The minimum Gasteiger partial charge on any atom is -0.426 e. The SMILES string of the molecule is C/C=C/[C@H]1CC[C@H](C(=O)Oc2ccc(C#N)c(F)c2)CC1. The second-order valence-corrected chi connectivity index (χ2v) is 5.31. The van der Waals surface area contributed by atoms with Gasteiger partial charge in [-0.3, -0.25) is 4.79 Å². The van der Waals surface area contributed by atoms with Gasteiger partial charge < -0.3 is 4.74 Å². The first-order valence-electron chi connectivity index (χ1n) is 7.18. The van der Waals surface area contributed by atoms with Crippen LogP contribution in [0.4, 0.5) is 4.39 Å². The highest BCUT2D eigenvalue weighted by Gasteiger charge is 2.26. The molecule has 0 unspecified atom stereocenters. The van der Waals surface area contributed by atoms with Crippen molar-refractivity contribution in [1.82, 2.24) is 0 Å². The highest BCUT2D eigenvalue weighted by molar-refractivity contribution is 5.75. The molecule has 0 aromatic heterocycles. The van der Waals surface area contributed by atoms with Crippen molar-refractivity contribution in [2.24, 2.45) is 11.8 Å². The van der Waals surface area contributed by atoms with Crippen molar-refractivity contribution < 1.29 is 13.9 Å². The summed E-state index contributed by atoms with van der Waals surface area (Å²) in [6, 6.07) is 5.59. The lowest BCUT2D eigenvalue weighted by atomic mass is 9.82. The number of hydrogen-bond acceptors (Lipinski definition) is 3. The molecule has 110 valence electrons. The third kappa shape index (κ3) is 3.91. The van der Waals surface area contributed by atoms with Gasteiger partial charge in [0.15, 0.2) is 0 Å². The van der Waals surface area contributed by atoms with Crippen molar-refractivity contribution in [2.75, 3.05) is 0 Å². The van der Waals surface area contributed by atoms with E-state index in [0.717, 1.165) is 31.7 Å². The van der Waals surface area contributed by atoms with Crippen LogP contribution in [0.2, 0.25) is 0 Å². The summed E-state index contributed by atoms with van der Waals surface area (Å²) < 4.78 is 18.7. The first kappa shape index (κ1) is 15.2. The molecule has 4 heteroatoms. The highest BCUT2D eigenvalue weighted by Crippen LogP contribution is 2.31. The van der Waals surface area contributed by atoms with Crippen molar-refractivity contribution in [2.45, 2.75) is 32.6 Å². The smallest absolute Gasteiger partial charge is 0.314 e. The lowest BCUT2D eigenvalue weighted by Crippen LogP contribution is -2.25. The van der Waals surface area contributed by atoms with E-state index in [1.165, 1.54) is 12.1 Å². The van der Waals surface area contributed by atoms with Crippen LogP contribution in [0, 0.1) is 29.0 Å². The van der Waals surface area contributed by atoms with Gasteiger partial charge in [0.1, 0.15) is 17.6 Å². The van der Waals surface area contributed by atoms with Gasteiger partial charge in [-0.15, -0.1) is 0 Å². The van der Waals surface area contributed by atoms with Crippen molar-refractivity contribution in [3.63, 3.8) is 0 Å². The van der Waals surface area contributed by atoms with Crippen molar-refractivity contribution in [3.8, 4) is 11.8 Å². The molecule has 21 heavy (non-hydrogen) atoms. The Morgan fingerprint density at radius 1 is 1.38 bits per heavy atom. The van der Waals surface area contributed by atoms with Gasteiger partial charge in [0, 0.05) is 6.07 Å². The van der Waals surface area contributed by atoms with Crippen LogP contribution in [0.3, 0.4) is 0 Å². The van der Waals surface area contributed by atoms with Gasteiger partial charge in [-0.25, -0.2) is 4.39 Å². The summed E-state index contributed by atoms with van der Waals surface area (Å²) in [6.45, 7) is 2.00. The minimum absolute atomic E-state index is 0.0540. The molecule has 0 bridgehead atoms. The molecule has 1 fully saturated rings. The fourth-order valence-electron chi connectivity index (χ4n) is 2.67. The maximum atomic E-state index is 13.5. The molecule has 0 saturated heterocycles. The molecular weight excluding hydrogens is 269 g/mol. The minimum atomic E-state index is -0.667. The molecule has 1 aromatic rings. The van der Waals surface area contributed by atoms with E-state index in [0.29, 0.717) is 5.92 Å². The monoisotopic (exact) mass is 287 g/mol. The Hall–Kier alpha value is -2.15. The van der Waals surface area contributed by atoms with E-state index in [4.69, 9.17) is 10.00 Å². The molecule has 1 aliphatic rings. The Morgan fingerprint density at radius 2 is 2.10 bits per heavy atom. The van der Waals surface area contributed by atoms with E-state index < -0.39 is 5.82 Å². The summed E-state index contributed by atoms with van der Waals surface area (Å²) in [5, 5.41) is 8.66. The molecule has 0 atom stereocenters. The number of rotatable bonds is 3. The highest BCUT2D eigenvalue weighted by atomic mass is 19.1. The van der Waals surface area contributed by atoms with E-state index in [1.807, 2.05) is 13.0 Å². The summed E-state index contributed by atoms with van der Waals surface area (Å²) in [7, 11) is 0. The van der Waals surface area contributed by atoms with E-state index in [1.54, 1.807) is 6.07 Å². The molecule has 0 radical (unpaired) electrons. The van der Waals surface area contributed by atoms with Crippen molar-refractivity contribution in [3.05, 3.63) is 41.7 Å². The summed E-state index contributed by atoms with van der Waals surface area (Å²) in [4.78, 5) is 12.1. The standard InChI is InChI=1S/C17H18FNO2/c1-2-3-12-4-6-13(7-5-12)17(20)21-15-9-8-14(11-19)16(18)10-15/h2-3,8-10,12-13H,4-7H2,1H3/b3-2+/t12-,13-. The van der Waals surface area contributed by atoms with Crippen LogP contribution >= 0.6 is 0 Å². The first-order valence-corrected chi connectivity index (χ1v) is 7.18. The van der Waals surface area contributed by atoms with Gasteiger partial charge >= 0.3 is 5.97 Å². The molecule has 3 nitrogen and oxygen atoms in total. The number of carbonyl (C=O) groups excluding carboxylic acids is 1. The third-order valence-electron chi connectivity index (χ3n) is 3.85. The van der Waals surface area contributed by atoms with Gasteiger partial charge in [0.25, 0.3) is 0 Å². The fourth-order valence-corrected chi connectivity index (χ4v) is 2.67. The first-order chi connectivity index (χ1) is 10.1. The summed E-state index contributed by atoms with van der Waals surface area (Å²) in [6.07, 6.45) is 7.78. The third-order valence-corrected chi connectivity index (χ3v) is 3.85. The van der Waals surface area contributed by atoms with Crippen molar-refractivity contribution in [1.29, 1.82) is 5.26 Å². The molecule has 1 aromatic carbocycles. The lowest BCUT2D eigenvalue weighted by molar-refractivity contribution is -0.140. The molecular formula is C17H18FNO2. The van der Waals surface area contributed by atoms with Crippen molar-refractivity contribution >= 4 is 5.97 Å². The molecule has 2 rings (SSSR count). The second-order valence-electron chi connectivity index (χ2n) is 5.31. The number of carbonyl (C=O) groups is 1. The molecule has 0 N–H and O–H groups in total. The molecule has 0 aliphatic heterocycles. The number of benzene rings is 1. The van der Waals surface area contributed by atoms with E-state index in [-0.39, 0.29) is 23.2 Å². The Labute approximate surface area is 124 Å². The van der Waals surface area contributed by atoms with E-state index in [2.05, 4.69) is 6.08 Å². The zero-order valence-corrected chi connectivity index (χ0v) is 12.0. The predicted octanol–water partition coefficient (Wildman–Crippen LogP) is 3.99. The Bertz CT molecular complexity index is 581.